The monoisotopic (exact) mass is 322 g/mol. The quantitative estimate of drug-likeness (QED) is 0.814. The molecule has 2 rings (SSSR count). The molecule has 102 valence electrons. The summed E-state index contributed by atoms with van der Waals surface area (Å²) in [6.07, 6.45) is 1.09. The number of benzene rings is 1. The normalized spacial score (nSPS) is 16.0. The number of anilines is 1. The maximum atomic E-state index is 9.05. The first kappa shape index (κ1) is 14.3. The average molecular weight is 323 g/mol. The number of nitriles is 1. The molecule has 1 heterocycles. The van der Waals surface area contributed by atoms with Crippen molar-refractivity contribution in [2.75, 3.05) is 44.6 Å². The maximum absolute atomic E-state index is 9.05. The standard InChI is InChI=1S/C14H19BrN4/c15-13-3-2-12(11-16)14(10-13)18-4-1-7-19-8-5-17-6-9-19/h2-3,10,17-18H,1,4-9H2. The molecule has 1 saturated heterocycles. The van der Waals surface area contributed by atoms with Crippen LogP contribution < -0.4 is 10.6 Å². The van der Waals surface area contributed by atoms with E-state index in [1.165, 1.54) is 0 Å². The molecule has 0 amide bonds. The van der Waals surface area contributed by atoms with Crippen LogP contribution in [0.3, 0.4) is 0 Å². The van der Waals surface area contributed by atoms with Gasteiger partial charge in [-0.1, -0.05) is 15.9 Å². The lowest BCUT2D eigenvalue weighted by Crippen LogP contribution is -2.44. The molecule has 2 N–H and O–H groups in total. The summed E-state index contributed by atoms with van der Waals surface area (Å²) in [4.78, 5) is 2.48. The number of piperazine rings is 1. The molecule has 0 aromatic heterocycles. The van der Waals surface area contributed by atoms with E-state index >= 15 is 0 Å². The Balaban J connectivity index is 1.76. The summed E-state index contributed by atoms with van der Waals surface area (Å²) < 4.78 is 0.996. The molecule has 5 heteroatoms. The topological polar surface area (TPSA) is 51.1 Å². The van der Waals surface area contributed by atoms with Gasteiger partial charge in [0.05, 0.1) is 11.3 Å². The molecule has 1 fully saturated rings. The third kappa shape index (κ3) is 4.50. The molecule has 1 aliphatic heterocycles. The zero-order chi connectivity index (χ0) is 13.5. The first-order valence-corrected chi connectivity index (χ1v) is 7.45. The molecule has 1 aromatic carbocycles. The van der Waals surface area contributed by atoms with Crippen molar-refractivity contribution in [2.24, 2.45) is 0 Å². The summed E-state index contributed by atoms with van der Waals surface area (Å²) in [7, 11) is 0. The smallest absolute Gasteiger partial charge is 0.101 e. The Kier molecular flexibility index (Phi) is 5.64. The predicted molar refractivity (Wildman–Crippen MR) is 81.3 cm³/mol. The van der Waals surface area contributed by atoms with Crippen molar-refractivity contribution in [1.29, 1.82) is 5.26 Å². The van der Waals surface area contributed by atoms with Gasteiger partial charge in [0.15, 0.2) is 0 Å². The van der Waals surface area contributed by atoms with Crippen molar-refractivity contribution in [3.8, 4) is 6.07 Å². The van der Waals surface area contributed by atoms with Crippen molar-refractivity contribution < 1.29 is 0 Å². The second-order valence-electron chi connectivity index (χ2n) is 4.67. The van der Waals surface area contributed by atoms with Crippen molar-refractivity contribution in [3.63, 3.8) is 0 Å². The Morgan fingerprint density at radius 2 is 2.16 bits per heavy atom. The van der Waals surface area contributed by atoms with Gasteiger partial charge in [0.25, 0.3) is 0 Å². The molecule has 0 saturated carbocycles. The van der Waals surface area contributed by atoms with Crippen LogP contribution in [0.1, 0.15) is 12.0 Å². The summed E-state index contributed by atoms with van der Waals surface area (Å²) in [5, 5.41) is 15.8. The lowest BCUT2D eigenvalue weighted by atomic mass is 10.2. The van der Waals surface area contributed by atoms with E-state index in [9.17, 15) is 0 Å². The Bertz CT molecular complexity index is 449. The predicted octanol–water partition coefficient (Wildman–Crippen LogP) is 2.03. The second-order valence-corrected chi connectivity index (χ2v) is 5.59. The van der Waals surface area contributed by atoms with Crippen LogP contribution in [0.15, 0.2) is 22.7 Å². The molecule has 0 radical (unpaired) electrons. The van der Waals surface area contributed by atoms with Gasteiger partial charge in [0.2, 0.25) is 0 Å². The van der Waals surface area contributed by atoms with Gasteiger partial charge in [0, 0.05) is 37.2 Å². The highest BCUT2D eigenvalue weighted by Gasteiger charge is 2.08. The van der Waals surface area contributed by atoms with Crippen LogP contribution in [0.25, 0.3) is 0 Å². The van der Waals surface area contributed by atoms with Gasteiger partial charge in [-0.25, -0.2) is 0 Å². The van der Waals surface area contributed by atoms with Gasteiger partial charge in [-0.15, -0.1) is 0 Å². The van der Waals surface area contributed by atoms with Crippen LogP contribution in [0.4, 0.5) is 5.69 Å². The number of hydrogen-bond donors (Lipinski definition) is 2. The number of halogens is 1. The Hall–Kier alpha value is -1.09. The van der Waals surface area contributed by atoms with E-state index in [1.807, 2.05) is 18.2 Å². The van der Waals surface area contributed by atoms with Crippen LogP contribution in [-0.4, -0.2) is 44.2 Å². The third-order valence-corrected chi connectivity index (χ3v) is 3.77. The summed E-state index contributed by atoms with van der Waals surface area (Å²) in [5.41, 5.74) is 1.61. The highest BCUT2D eigenvalue weighted by molar-refractivity contribution is 9.10. The van der Waals surface area contributed by atoms with Gasteiger partial charge in [-0.05, 0) is 31.2 Å². The van der Waals surface area contributed by atoms with Gasteiger partial charge in [0.1, 0.15) is 6.07 Å². The molecule has 1 aromatic rings. The minimum absolute atomic E-state index is 0.699. The van der Waals surface area contributed by atoms with E-state index in [1.54, 1.807) is 0 Å². The van der Waals surface area contributed by atoms with Gasteiger partial charge >= 0.3 is 0 Å². The molecule has 0 unspecified atom stereocenters. The fourth-order valence-corrected chi connectivity index (χ4v) is 2.58. The molecule has 4 nitrogen and oxygen atoms in total. The van der Waals surface area contributed by atoms with E-state index in [0.717, 1.165) is 55.8 Å². The van der Waals surface area contributed by atoms with E-state index in [4.69, 9.17) is 5.26 Å². The first-order chi connectivity index (χ1) is 9.29. The van der Waals surface area contributed by atoms with Gasteiger partial charge in [-0.3, -0.25) is 0 Å². The highest BCUT2D eigenvalue weighted by Crippen LogP contribution is 2.20. The van der Waals surface area contributed by atoms with Crippen molar-refractivity contribution in [3.05, 3.63) is 28.2 Å². The lowest BCUT2D eigenvalue weighted by molar-refractivity contribution is 0.240. The van der Waals surface area contributed by atoms with Crippen LogP contribution >= 0.6 is 15.9 Å². The van der Waals surface area contributed by atoms with Crippen LogP contribution in [0, 0.1) is 11.3 Å². The average Bonchev–Trinajstić information content (AvgIpc) is 2.45. The van der Waals surface area contributed by atoms with Gasteiger partial charge in [-0.2, -0.15) is 5.26 Å². The van der Waals surface area contributed by atoms with Crippen LogP contribution in [0.2, 0.25) is 0 Å². The largest absolute Gasteiger partial charge is 0.384 e. The van der Waals surface area contributed by atoms with Crippen molar-refractivity contribution in [2.45, 2.75) is 6.42 Å². The molecule has 1 aliphatic rings. The van der Waals surface area contributed by atoms with E-state index in [2.05, 4.69) is 37.5 Å². The summed E-state index contributed by atoms with van der Waals surface area (Å²) in [5.74, 6) is 0. The minimum Gasteiger partial charge on any atom is -0.384 e. The Morgan fingerprint density at radius 3 is 2.89 bits per heavy atom. The molecular weight excluding hydrogens is 304 g/mol. The highest BCUT2D eigenvalue weighted by atomic mass is 79.9. The zero-order valence-electron chi connectivity index (χ0n) is 11.0. The van der Waals surface area contributed by atoms with Crippen LogP contribution in [-0.2, 0) is 0 Å². The van der Waals surface area contributed by atoms with Crippen LogP contribution in [0.5, 0.6) is 0 Å². The van der Waals surface area contributed by atoms with E-state index in [-0.39, 0.29) is 0 Å². The first-order valence-electron chi connectivity index (χ1n) is 6.66. The number of nitrogens with zero attached hydrogens (tertiary/aromatic N) is 2. The second kappa shape index (κ2) is 7.49. The molecule has 0 atom stereocenters. The Labute approximate surface area is 122 Å². The third-order valence-electron chi connectivity index (χ3n) is 3.28. The van der Waals surface area contributed by atoms with Gasteiger partial charge < -0.3 is 15.5 Å². The fraction of sp³-hybridized carbons (Fsp3) is 0.500. The lowest BCUT2D eigenvalue weighted by Gasteiger charge is -2.27. The molecule has 0 spiro atoms. The molecule has 19 heavy (non-hydrogen) atoms. The summed E-state index contributed by atoms with van der Waals surface area (Å²) in [6.45, 7) is 6.48. The Morgan fingerprint density at radius 1 is 1.37 bits per heavy atom. The molecule has 0 bridgehead atoms. The number of nitrogens with one attached hydrogen (secondary N) is 2. The van der Waals surface area contributed by atoms with E-state index in [0.29, 0.717) is 5.56 Å². The molecule has 0 aliphatic carbocycles. The summed E-state index contributed by atoms with van der Waals surface area (Å²) >= 11 is 3.43. The zero-order valence-corrected chi connectivity index (χ0v) is 12.5. The van der Waals surface area contributed by atoms with E-state index < -0.39 is 0 Å². The fourth-order valence-electron chi connectivity index (χ4n) is 2.22. The van der Waals surface area contributed by atoms with Crippen molar-refractivity contribution in [1.82, 2.24) is 10.2 Å². The minimum atomic E-state index is 0.699. The van der Waals surface area contributed by atoms with Crippen molar-refractivity contribution >= 4 is 21.6 Å². The summed E-state index contributed by atoms with van der Waals surface area (Å²) in [6, 6.07) is 7.90. The maximum Gasteiger partial charge on any atom is 0.101 e. The SMILES string of the molecule is N#Cc1ccc(Br)cc1NCCCN1CCNCC1. The number of rotatable bonds is 5. The molecular formula is C14H19BrN4. The number of hydrogen-bond acceptors (Lipinski definition) is 4.